The molecule has 322 valence electrons. The molecule has 0 fully saturated rings. The minimum atomic E-state index is -0.601. The Morgan fingerprint density at radius 3 is 1.16 bits per heavy atom. The van der Waals surface area contributed by atoms with Crippen LogP contribution in [-0.4, -0.2) is 0 Å². The molecule has 0 radical (unpaired) electrons. The maximum atomic E-state index is 2.51. The van der Waals surface area contributed by atoms with E-state index in [2.05, 4.69) is 277 Å². The third-order valence-corrected chi connectivity index (χ3v) is 14.8. The Hall–Kier alpha value is -8.98. The van der Waals surface area contributed by atoms with Gasteiger partial charge in [0.25, 0.3) is 0 Å². The van der Waals surface area contributed by atoms with E-state index in [1.807, 2.05) is 0 Å². The zero-order valence-electron chi connectivity index (χ0n) is 37.8. The highest BCUT2D eigenvalue weighted by Crippen LogP contribution is 2.64. The van der Waals surface area contributed by atoms with E-state index < -0.39 is 5.41 Å². The van der Waals surface area contributed by atoms with Crippen LogP contribution in [0.3, 0.4) is 0 Å². The number of fused-ring (bicyclic) bond motifs is 13. The Morgan fingerprint density at radius 1 is 0.217 bits per heavy atom. The van der Waals surface area contributed by atoms with Crippen molar-refractivity contribution in [2.75, 3.05) is 9.80 Å². The maximum Gasteiger partial charge on any atom is 0.0727 e. The van der Waals surface area contributed by atoms with Crippen molar-refractivity contribution in [2.24, 2.45) is 0 Å². The molecule has 1 atom stereocenters. The highest BCUT2D eigenvalue weighted by Gasteiger charge is 2.52. The fourth-order valence-corrected chi connectivity index (χ4v) is 11.7. The molecule has 2 nitrogen and oxygen atoms in total. The molecular weight excluding hydrogens is 833 g/mol. The Labute approximate surface area is 402 Å². The average molecular weight is 877 g/mol. The minimum Gasteiger partial charge on any atom is -0.310 e. The summed E-state index contributed by atoms with van der Waals surface area (Å²) in [4.78, 5) is 4.93. The van der Waals surface area contributed by atoms with Crippen molar-refractivity contribution in [3.05, 3.63) is 289 Å². The fourth-order valence-electron chi connectivity index (χ4n) is 11.7. The van der Waals surface area contributed by atoms with Gasteiger partial charge in [-0.2, -0.15) is 0 Å². The van der Waals surface area contributed by atoms with Gasteiger partial charge in [0, 0.05) is 34.0 Å². The van der Waals surface area contributed by atoms with Crippen molar-refractivity contribution in [3.63, 3.8) is 0 Å². The summed E-state index contributed by atoms with van der Waals surface area (Å²) in [7, 11) is 0. The molecule has 12 aromatic carbocycles. The zero-order chi connectivity index (χ0) is 45.5. The first kappa shape index (κ1) is 39.2. The monoisotopic (exact) mass is 876 g/mol. The van der Waals surface area contributed by atoms with E-state index in [0.717, 1.165) is 34.1 Å². The van der Waals surface area contributed by atoms with Crippen molar-refractivity contribution in [3.8, 4) is 33.4 Å². The Morgan fingerprint density at radius 2 is 0.609 bits per heavy atom. The standard InChI is InChI=1S/C67H44N2/c1-3-19-47(20-4-1)61-41-50-23-11-12-24-51(50)42-66(61)69(52-25-5-2-6-26-52)56-36-38-60-58-28-14-16-30-63(58)67(65(60)44-56)62-29-15-13-27-57(62)59-37-35-55(43-64(59)67)68(53-33-31-45-17-7-9-21-48(45)39-53)54-34-32-46-18-8-10-22-49(46)40-54/h1-44H. The lowest BCUT2D eigenvalue weighted by molar-refractivity contribution is 0.793. The smallest absolute Gasteiger partial charge is 0.0727 e. The molecular formula is C67H44N2. The van der Waals surface area contributed by atoms with E-state index in [1.54, 1.807) is 0 Å². The maximum absolute atomic E-state index is 2.51. The molecule has 2 aliphatic carbocycles. The molecule has 0 saturated carbocycles. The number of hydrogen-bond donors (Lipinski definition) is 0. The molecule has 0 saturated heterocycles. The molecule has 1 spiro atoms. The topological polar surface area (TPSA) is 6.48 Å². The van der Waals surface area contributed by atoms with Crippen LogP contribution in [-0.2, 0) is 5.41 Å². The predicted octanol–water partition coefficient (Wildman–Crippen LogP) is 18.1. The van der Waals surface area contributed by atoms with Gasteiger partial charge in [-0.15, -0.1) is 0 Å². The summed E-state index contributed by atoms with van der Waals surface area (Å²) in [6, 6.07) is 99.0. The van der Waals surface area contributed by atoms with Crippen LogP contribution in [0.4, 0.5) is 34.1 Å². The normalized spacial score (nSPS) is 14.1. The van der Waals surface area contributed by atoms with Crippen LogP contribution in [0.5, 0.6) is 0 Å². The molecule has 14 rings (SSSR count). The summed E-state index contributed by atoms with van der Waals surface area (Å²) < 4.78 is 0. The highest BCUT2D eigenvalue weighted by atomic mass is 15.1. The molecule has 12 aromatic rings. The number of anilines is 6. The van der Waals surface area contributed by atoms with E-state index >= 15 is 0 Å². The molecule has 1 unspecified atom stereocenters. The molecule has 0 aliphatic heterocycles. The summed E-state index contributed by atoms with van der Waals surface area (Å²) in [6.45, 7) is 0. The fraction of sp³-hybridized carbons (Fsp3) is 0.0149. The van der Waals surface area contributed by atoms with Crippen LogP contribution in [0.25, 0.3) is 65.7 Å². The van der Waals surface area contributed by atoms with Gasteiger partial charge in [0.05, 0.1) is 11.1 Å². The van der Waals surface area contributed by atoms with Crippen LogP contribution < -0.4 is 9.80 Å². The summed E-state index contributed by atoms with van der Waals surface area (Å²) in [5.41, 5.74) is 18.7. The molecule has 0 amide bonds. The third-order valence-electron chi connectivity index (χ3n) is 14.8. The van der Waals surface area contributed by atoms with Crippen molar-refractivity contribution in [2.45, 2.75) is 5.41 Å². The Balaban J connectivity index is 1.03. The first-order valence-electron chi connectivity index (χ1n) is 23.9. The lowest BCUT2D eigenvalue weighted by Gasteiger charge is -2.34. The Kier molecular flexibility index (Phi) is 8.84. The SMILES string of the molecule is c1ccc(-c2cc3ccccc3cc2N(c2ccccc2)c2ccc3c(c2)C2(c4ccccc4-c4ccc(N(c5ccc6ccccc6c5)c5ccc6ccccc6c5)cc42)c2ccccc2-3)cc1. The van der Waals surface area contributed by atoms with E-state index in [4.69, 9.17) is 0 Å². The van der Waals surface area contributed by atoms with Crippen LogP contribution in [0.1, 0.15) is 22.3 Å². The van der Waals surface area contributed by atoms with E-state index in [1.165, 1.54) is 88.0 Å². The Bertz CT molecular complexity index is 3890. The third kappa shape index (κ3) is 6.06. The number of hydrogen-bond acceptors (Lipinski definition) is 2. The summed E-state index contributed by atoms with van der Waals surface area (Å²) in [5.74, 6) is 0. The first-order chi connectivity index (χ1) is 34.2. The van der Waals surface area contributed by atoms with Crippen molar-refractivity contribution < 1.29 is 0 Å². The number of para-hydroxylation sites is 1. The van der Waals surface area contributed by atoms with Crippen LogP contribution in [0.2, 0.25) is 0 Å². The summed E-state index contributed by atoms with van der Waals surface area (Å²) in [6.07, 6.45) is 0. The van der Waals surface area contributed by atoms with Gasteiger partial charge >= 0.3 is 0 Å². The largest absolute Gasteiger partial charge is 0.310 e. The number of benzene rings is 12. The quantitative estimate of drug-likeness (QED) is 0.157. The van der Waals surface area contributed by atoms with Gasteiger partial charge in [0.1, 0.15) is 0 Å². The second-order valence-electron chi connectivity index (χ2n) is 18.5. The van der Waals surface area contributed by atoms with Crippen LogP contribution in [0, 0.1) is 0 Å². The molecule has 2 aliphatic rings. The average Bonchev–Trinajstić information content (AvgIpc) is 3.88. The molecule has 2 heteroatoms. The van der Waals surface area contributed by atoms with Gasteiger partial charge in [0.2, 0.25) is 0 Å². The number of rotatable bonds is 7. The van der Waals surface area contributed by atoms with Crippen molar-refractivity contribution >= 4 is 66.4 Å². The second-order valence-corrected chi connectivity index (χ2v) is 18.5. The lowest BCUT2D eigenvalue weighted by atomic mass is 9.70. The summed E-state index contributed by atoms with van der Waals surface area (Å²) in [5, 5.41) is 7.28. The van der Waals surface area contributed by atoms with Crippen LogP contribution >= 0.6 is 0 Å². The zero-order valence-corrected chi connectivity index (χ0v) is 37.8. The van der Waals surface area contributed by atoms with Crippen molar-refractivity contribution in [1.82, 2.24) is 0 Å². The number of nitrogens with zero attached hydrogens (tertiary/aromatic N) is 2. The second kappa shape index (κ2) is 15.6. The van der Waals surface area contributed by atoms with E-state index in [-0.39, 0.29) is 0 Å². The van der Waals surface area contributed by atoms with E-state index in [0.29, 0.717) is 0 Å². The molecule has 0 bridgehead atoms. The van der Waals surface area contributed by atoms with Gasteiger partial charge in [-0.3, -0.25) is 0 Å². The molecule has 0 heterocycles. The molecule has 69 heavy (non-hydrogen) atoms. The molecule has 0 aromatic heterocycles. The summed E-state index contributed by atoms with van der Waals surface area (Å²) >= 11 is 0. The molecule has 0 N–H and O–H groups in total. The minimum absolute atomic E-state index is 0.601. The van der Waals surface area contributed by atoms with Crippen LogP contribution in [0.15, 0.2) is 267 Å². The highest BCUT2D eigenvalue weighted by molar-refractivity contribution is 6.01. The van der Waals surface area contributed by atoms with Gasteiger partial charge in [-0.1, -0.05) is 194 Å². The van der Waals surface area contributed by atoms with Gasteiger partial charge < -0.3 is 9.80 Å². The van der Waals surface area contributed by atoms with E-state index in [9.17, 15) is 0 Å². The van der Waals surface area contributed by atoms with Gasteiger partial charge in [-0.05, 0) is 155 Å². The first-order valence-corrected chi connectivity index (χ1v) is 23.9. The lowest BCUT2D eigenvalue weighted by Crippen LogP contribution is -2.26. The van der Waals surface area contributed by atoms with Crippen molar-refractivity contribution in [1.29, 1.82) is 0 Å². The van der Waals surface area contributed by atoms with Gasteiger partial charge in [-0.25, -0.2) is 0 Å². The predicted molar refractivity (Wildman–Crippen MR) is 290 cm³/mol. The van der Waals surface area contributed by atoms with Gasteiger partial charge in [0.15, 0.2) is 0 Å².